The lowest BCUT2D eigenvalue weighted by molar-refractivity contribution is -0.117. The normalized spacial score (nSPS) is 11.7. The molecule has 0 aliphatic rings. The van der Waals surface area contributed by atoms with E-state index in [-0.39, 0.29) is 17.0 Å². The number of hydrogen-bond donors (Lipinski definition) is 0. The maximum atomic E-state index is 11.3. The van der Waals surface area contributed by atoms with Gasteiger partial charge in [0.25, 0.3) is 0 Å². The fourth-order valence-corrected chi connectivity index (χ4v) is 2.65. The summed E-state index contributed by atoms with van der Waals surface area (Å²) in [7, 11) is 1.34. The Labute approximate surface area is 122 Å². The molecule has 1 unspecified atom stereocenters. The number of rotatable bonds is 8. The van der Waals surface area contributed by atoms with Crippen LogP contribution in [0.1, 0.15) is 36.5 Å². The number of carbonyl (C=O) groups excluding carboxylic acids is 3. The van der Waals surface area contributed by atoms with Crippen LogP contribution in [0.15, 0.2) is 29.2 Å². The molecule has 0 radical (unpaired) electrons. The lowest BCUT2D eigenvalue weighted by Gasteiger charge is -2.09. The summed E-state index contributed by atoms with van der Waals surface area (Å²) in [4.78, 5) is 34.1. The number of aldehydes is 1. The summed E-state index contributed by atoms with van der Waals surface area (Å²) in [6, 6.07) is 6.92. The number of esters is 1. The van der Waals surface area contributed by atoms with Gasteiger partial charge in [-0.15, -0.1) is 11.8 Å². The van der Waals surface area contributed by atoms with Crippen LogP contribution in [-0.4, -0.2) is 30.4 Å². The van der Waals surface area contributed by atoms with Gasteiger partial charge in [0.05, 0.1) is 17.9 Å². The third-order valence-corrected chi connectivity index (χ3v) is 3.93. The summed E-state index contributed by atoms with van der Waals surface area (Å²) < 4.78 is 4.62. The second kappa shape index (κ2) is 8.53. The molecule has 0 heterocycles. The molecule has 0 aliphatic carbocycles. The monoisotopic (exact) mass is 294 g/mol. The Morgan fingerprint density at radius 3 is 2.45 bits per heavy atom. The average Bonchev–Trinajstić information content (AvgIpc) is 2.45. The lowest BCUT2D eigenvalue weighted by atomic mass is 10.1. The maximum absolute atomic E-state index is 11.3. The molecule has 0 aromatic heterocycles. The lowest BCUT2D eigenvalue weighted by Crippen LogP contribution is -2.05. The number of hydrogen-bond acceptors (Lipinski definition) is 5. The van der Waals surface area contributed by atoms with Crippen molar-refractivity contribution in [2.75, 3.05) is 7.11 Å². The van der Waals surface area contributed by atoms with Crippen LogP contribution in [-0.2, 0) is 14.3 Å². The number of Topliss-reactive ketones (excluding diaryl/α,β-unsaturated/α-hetero) is 1. The molecule has 5 heteroatoms. The highest BCUT2D eigenvalue weighted by Crippen LogP contribution is 2.26. The predicted molar refractivity (Wildman–Crippen MR) is 78.0 cm³/mol. The van der Waals surface area contributed by atoms with Crippen molar-refractivity contribution in [1.82, 2.24) is 0 Å². The zero-order valence-electron chi connectivity index (χ0n) is 11.6. The standard InChI is InChI=1S/C15H18O4S/c1-11(17)4-3-5-14(10-16)20-13-8-6-12(7-9-13)15(18)19-2/h6-10,14H,3-5H2,1-2H3. The highest BCUT2D eigenvalue weighted by molar-refractivity contribution is 8.00. The van der Waals surface area contributed by atoms with Crippen LogP contribution in [0, 0.1) is 0 Å². The molecule has 0 aliphatic heterocycles. The van der Waals surface area contributed by atoms with Crippen LogP contribution >= 0.6 is 11.8 Å². The summed E-state index contributed by atoms with van der Waals surface area (Å²) in [5.74, 6) is -0.239. The highest BCUT2D eigenvalue weighted by atomic mass is 32.2. The molecule has 0 saturated carbocycles. The van der Waals surface area contributed by atoms with Gasteiger partial charge in [0, 0.05) is 11.3 Å². The third kappa shape index (κ3) is 5.57. The molecule has 0 amide bonds. The van der Waals surface area contributed by atoms with Gasteiger partial charge in [-0.3, -0.25) is 0 Å². The van der Waals surface area contributed by atoms with Crippen LogP contribution < -0.4 is 0 Å². The van der Waals surface area contributed by atoms with E-state index in [0.717, 1.165) is 11.2 Å². The van der Waals surface area contributed by atoms with Crippen molar-refractivity contribution in [2.24, 2.45) is 0 Å². The van der Waals surface area contributed by atoms with Crippen LogP contribution in [0.2, 0.25) is 0 Å². The smallest absolute Gasteiger partial charge is 0.337 e. The van der Waals surface area contributed by atoms with Gasteiger partial charge < -0.3 is 14.3 Å². The SMILES string of the molecule is COC(=O)c1ccc(SC(C=O)CCCC(C)=O)cc1. The summed E-state index contributed by atoms with van der Waals surface area (Å²) >= 11 is 1.44. The first kappa shape index (κ1) is 16.4. The van der Waals surface area contributed by atoms with E-state index in [1.165, 1.54) is 18.9 Å². The van der Waals surface area contributed by atoms with Gasteiger partial charge in [-0.1, -0.05) is 0 Å². The van der Waals surface area contributed by atoms with Crippen molar-refractivity contribution in [2.45, 2.75) is 36.3 Å². The Balaban J connectivity index is 2.54. The number of benzene rings is 1. The minimum atomic E-state index is -0.380. The van der Waals surface area contributed by atoms with E-state index in [1.807, 2.05) is 0 Å². The molecule has 1 aromatic carbocycles. The van der Waals surface area contributed by atoms with Crippen molar-refractivity contribution in [3.05, 3.63) is 29.8 Å². The number of carbonyl (C=O) groups is 3. The molecule has 0 saturated heterocycles. The number of thioether (sulfide) groups is 1. The minimum absolute atomic E-state index is 0.141. The number of ether oxygens (including phenoxy) is 1. The third-order valence-electron chi connectivity index (χ3n) is 2.73. The second-order valence-corrected chi connectivity index (χ2v) is 5.72. The van der Waals surface area contributed by atoms with Crippen LogP contribution in [0.4, 0.5) is 0 Å². The molecule has 108 valence electrons. The van der Waals surface area contributed by atoms with Gasteiger partial charge in [0.1, 0.15) is 12.1 Å². The Kier molecular flexibility index (Phi) is 7.01. The van der Waals surface area contributed by atoms with Crippen molar-refractivity contribution >= 4 is 29.8 Å². The first-order chi connectivity index (χ1) is 9.56. The Hall–Kier alpha value is -1.62. The largest absolute Gasteiger partial charge is 0.465 e. The molecule has 1 rings (SSSR count). The van der Waals surface area contributed by atoms with E-state index in [0.29, 0.717) is 24.8 Å². The molecule has 0 bridgehead atoms. The van der Waals surface area contributed by atoms with E-state index in [4.69, 9.17) is 0 Å². The molecular formula is C15H18O4S. The van der Waals surface area contributed by atoms with E-state index >= 15 is 0 Å². The molecule has 0 fully saturated rings. The van der Waals surface area contributed by atoms with E-state index in [9.17, 15) is 14.4 Å². The molecule has 0 N–H and O–H groups in total. The van der Waals surface area contributed by atoms with Gasteiger partial charge >= 0.3 is 5.97 Å². The van der Waals surface area contributed by atoms with Gasteiger partial charge in [0.2, 0.25) is 0 Å². The fourth-order valence-electron chi connectivity index (χ4n) is 1.67. The maximum Gasteiger partial charge on any atom is 0.337 e. The van der Waals surface area contributed by atoms with Crippen molar-refractivity contribution in [1.29, 1.82) is 0 Å². The van der Waals surface area contributed by atoms with Crippen molar-refractivity contribution in [3.8, 4) is 0 Å². The van der Waals surface area contributed by atoms with Crippen molar-refractivity contribution < 1.29 is 19.1 Å². The van der Waals surface area contributed by atoms with Crippen LogP contribution in [0.25, 0.3) is 0 Å². The predicted octanol–water partition coefficient (Wildman–Crippen LogP) is 2.89. The topological polar surface area (TPSA) is 60.4 Å². The molecule has 1 atom stereocenters. The number of ketones is 1. The second-order valence-electron chi connectivity index (χ2n) is 4.40. The summed E-state index contributed by atoms with van der Waals surface area (Å²) in [6.07, 6.45) is 2.80. The molecule has 0 spiro atoms. The van der Waals surface area contributed by atoms with E-state index < -0.39 is 0 Å². The minimum Gasteiger partial charge on any atom is -0.465 e. The quantitative estimate of drug-likeness (QED) is 0.419. The Morgan fingerprint density at radius 2 is 1.95 bits per heavy atom. The van der Waals surface area contributed by atoms with Crippen molar-refractivity contribution in [3.63, 3.8) is 0 Å². The van der Waals surface area contributed by atoms with E-state index in [1.54, 1.807) is 31.2 Å². The van der Waals surface area contributed by atoms with Gasteiger partial charge in [-0.2, -0.15) is 0 Å². The average molecular weight is 294 g/mol. The molecule has 1 aromatic rings. The van der Waals surface area contributed by atoms with Gasteiger partial charge in [-0.05, 0) is 44.0 Å². The summed E-state index contributed by atoms with van der Waals surface area (Å²) in [6.45, 7) is 1.55. The summed E-state index contributed by atoms with van der Waals surface area (Å²) in [5.41, 5.74) is 0.482. The fraction of sp³-hybridized carbons (Fsp3) is 0.400. The van der Waals surface area contributed by atoms with E-state index in [2.05, 4.69) is 4.74 Å². The Morgan fingerprint density at radius 1 is 1.30 bits per heavy atom. The Bertz CT molecular complexity index is 467. The number of methoxy groups -OCH3 is 1. The summed E-state index contributed by atoms with van der Waals surface area (Å²) in [5, 5.41) is -0.168. The zero-order chi connectivity index (χ0) is 15.0. The van der Waals surface area contributed by atoms with Crippen LogP contribution in [0.5, 0.6) is 0 Å². The zero-order valence-corrected chi connectivity index (χ0v) is 12.4. The first-order valence-corrected chi connectivity index (χ1v) is 7.24. The molecular weight excluding hydrogens is 276 g/mol. The molecule has 20 heavy (non-hydrogen) atoms. The molecule has 4 nitrogen and oxygen atoms in total. The van der Waals surface area contributed by atoms with Crippen LogP contribution in [0.3, 0.4) is 0 Å². The first-order valence-electron chi connectivity index (χ1n) is 6.36. The van der Waals surface area contributed by atoms with Gasteiger partial charge in [-0.25, -0.2) is 4.79 Å². The van der Waals surface area contributed by atoms with Gasteiger partial charge in [0.15, 0.2) is 0 Å². The highest BCUT2D eigenvalue weighted by Gasteiger charge is 2.11.